The van der Waals surface area contributed by atoms with Crippen molar-refractivity contribution in [1.29, 1.82) is 0 Å². The van der Waals surface area contributed by atoms with Gasteiger partial charge in [0.25, 0.3) is 0 Å². The van der Waals surface area contributed by atoms with Crippen molar-refractivity contribution in [3.05, 3.63) is 24.0 Å². The smallest absolute Gasteiger partial charge is 0.226 e. The topological polar surface area (TPSA) is 71.2 Å². The Morgan fingerprint density at radius 1 is 1.55 bits per heavy atom. The highest BCUT2D eigenvalue weighted by molar-refractivity contribution is 5.77. The van der Waals surface area contributed by atoms with Crippen molar-refractivity contribution >= 4 is 5.91 Å². The average molecular weight is 278 g/mol. The van der Waals surface area contributed by atoms with Gasteiger partial charge in [0.15, 0.2) is 0 Å². The van der Waals surface area contributed by atoms with Crippen LogP contribution < -0.4 is 0 Å². The molecule has 1 saturated heterocycles. The average Bonchev–Trinajstić information content (AvgIpc) is 2.95. The quantitative estimate of drug-likeness (QED) is 0.846. The van der Waals surface area contributed by atoms with E-state index < -0.39 is 6.10 Å². The first-order valence-corrected chi connectivity index (χ1v) is 7.10. The Kier molecular flexibility index (Phi) is 4.89. The van der Waals surface area contributed by atoms with Crippen LogP contribution in [0.15, 0.2) is 18.3 Å². The summed E-state index contributed by atoms with van der Waals surface area (Å²) in [4.78, 5) is 13.8. The predicted octanol–water partition coefficient (Wildman–Crippen LogP) is 1.46. The molecule has 1 amide bonds. The lowest BCUT2D eigenvalue weighted by Crippen LogP contribution is -2.38. The molecule has 0 saturated carbocycles. The Hall–Kier alpha value is -1.69. The third-order valence-corrected chi connectivity index (χ3v) is 3.68. The summed E-state index contributed by atoms with van der Waals surface area (Å²) in [5, 5.41) is 17.5. The Bertz CT molecular complexity index is 473. The molecule has 20 heavy (non-hydrogen) atoms. The molecule has 110 valence electrons. The van der Waals surface area contributed by atoms with Crippen molar-refractivity contribution in [2.75, 3.05) is 13.1 Å². The van der Waals surface area contributed by atoms with Gasteiger partial charge in [0.1, 0.15) is 5.69 Å². The summed E-state index contributed by atoms with van der Waals surface area (Å²) in [6.45, 7) is 5.11. The van der Waals surface area contributed by atoms with Crippen LogP contribution in [-0.4, -0.2) is 44.0 Å². The Labute approximate surface area is 119 Å². The number of aliphatic hydroxyl groups excluding tert-OH is 1. The lowest BCUT2D eigenvalue weighted by atomic mass is 10.0. The number of piperidine rings is 1. The fourth-order valence-corrected chi connectivity index (χ4v) is 2.39. The van der Waals surface area contributed by atoms with Gasteiger partial charge in [-0.25, -0.2) is 4.68 Å². The van der Waals surface area contributed by atoms with Crippen molar-refractivity contribution in [3.63, 3.8) is 0 Å². The highest BCUT2D eigenvalue weighted by atomic mass is 16.3. The molecule has 0 unspecified atom stereocenters. The SMILES string of the molecule is C/C=C/CC(=O)N1CCC(n2cc([C@@H](C)O)nn2)CC1. The number of carbonyl (C=O) groups excluding carboxylic acids is 1. The van der Waals surface area contributed by atoms with Gasteiger partial charge in [0, 0.05) is 19.5 Å². The first-order chi connectivity index (χ1) is 9.61. The van der Waals surface area contributed by atoms with Gasteiger partial charge in [0.2, 0.25) is 5.91 Å². The molecule has 0 aliphatic carbocycles. The number of likely N-dealkylation sites (tertiary alicyclic amines) is 1. The second-order valence-corrected chi connectivity index (χ2v) is 5.18. The van der Waals surface area contributed by atoms with Gasteiger partial charge in [-0.05, 0) is 26.7 Å². The van der Waals surface area contributed by atoms with E-state index in [0.717, 1.165) is 25.9 Å². The number of aromatic nitrogens is 3. The third kappa shape index (κ3) is 3.45. The van der Waals surface area contributed by atoms with Gasteiger partial charge in [-0.15, -0.1) is 5.10 Å². The summed E-state index contributed by atoms with van der Waals surface area (Å²) in [6.07, 6.45) is 7.24. The summed E-state index contributed by atoms with van der Waals surface area (Å²) in [5.41, 5.74) is 0.594. The van der Waals surface area contributed by atoms with Gasteiger partial charge >= 0.3 is 0 Å². The zero-order chi connectivity index (χ0) is 14.5. The van der Waals surface area contributed by atoms with E-state index >= 15 is 0 Å². The lowest BCUT2D eigenvalue weighted by molar-refractivity contribution is -0.131. The molecule has 2 rings (SSSR count). The number of carbonyl (C=O) groups is 1. The number of hydrogen-bond acceptors (Lipinski definition) is 4. The molecule has 1 fully saturated rings. The van der Waals surface area contributed by atoms with Crippen LogP contribution in [0.2, 0.25) is 0 Å². The lowest BCUT2D eigenvalue weighted by Gasteiger charge is -2.31. The monoisotopic (exact) mass is 278 g/mol. The molecule has 1 atom stereocenters. The first-order valence-electron chi connectivity index (χ1n) is 7.10. The fraction of sp³-hybridized carbons (Fsp3) is 0.643. The van der Waals surface area contributed by atoms with E-state index in [0.29, 0.717) is 12.1 Å². The fourth-order valence-electron chi connectivity index (χ4n) is 2.39. The van der Waals surface area contributed by atoms with Crippen LogP contribution in [0.5, 0.6) is 0 Å². The first kappa shape index (κ1) is 14.7. The molecule has 1 N–H and O–H groups in total. The van der Waals surface area contributed by atoms with Crippen molar-refractivity contribution in [2.24, 2.45) is 0 Å². The summed E-state index contributed by atoms with van der Waals surface area (Å²) in [7, 11) is 0. The van der Waals surface area contributed by atoms with Gasteiger partial charge < -0.3 is 10.0 Å². The van der Waals surface area contributed by atoms with Crippen LogP contribution in [0.1, 0.15) is 50.9 Å². The Morgan fingerprint density at radius 2 is 2.25 bits per heavy atom. The van der Waals surface area contributed by atoms with E-state index in [2.05, 4.69) is 10.3 Å². The molecule has 6 heteroatoms. The molecule has 0 bridgehead atoms. The summed E-state index contributed by atoms with van der Waals surface area (Å²) in [6, 6.07) is 0.265. The minimum atomic E-state index is -0.591. The Morgan fingerprint density at radius 3 is 2.80 bits per heavy atom. The molecule has 1 aliphatic rings. The van der Waals surface area contributed by atoms with Crippen molar-refractivity contribution in [3.8, 4) is 0 Å². The molecular formula is C14H22N4O2. The number of aliphatic hydroxyl groups is 1. The van der Waals surface area contributed by atoms with Gasteiger partial charge in [0.05, 0.1) is 18.3 Å². The zero-order valence-electron chi connectivity index (χ0n) is 12.1. The second kappa shape index (κ2) is 6.65. The van der Waals surface area contributed by atoms with Crippen molar-refractivity contribution in [2.45, 2.75) is 45.3 Å². The molecule has 1 aromatic rings. The highest BCUT2D eigenvalue weighted by Gasteiger charge is 2.24. The highest BCUT2D eigenvalue weighted by Crippen LogP contribution is 2.23. The van der Waals surface area contributed by atoms with Gasteiger partial charge in [-0.3, -0.25) is 4.79 Å². The Balaban J connectivity index is 1.88. The zero-order valence-corrected chi connectivity index (χ0v) is 12.1. The largest absolute Gasteiger partial charge is 0.387 e. The van der Waals surface area contributed by atoms with E-state index in [-0.39, 0.29) is 11.9 Å². The van der Waals surface area contributed by atoms with Gasteiger partial charge in [-0.2, -0.15) is 0 Å². The molecule has 6 nitrogen and oxygen atoms in total. The number of rotatable bonds is 4. The number of amides is 1. The van der Waals surface area contributed by atoms with Gasteiger partial charge in [-0.1, -0.05) is 17.4 Å². The summed E-state index contributed by atoms with van der Waals surface area (Å²) in [5.74, 6) is 0.185. The molecule has 1 aromatic heterocycles. The van der Waals surface area contributed by atoms with Crippen LogP contribution in [-0.2, 0) is 4.79 Å². The van der Waals surface area contributed by atoms with Crippen LogP contribution in [0.3, 0.4) is 0 Å². The molecule has 0 aromatic carbocycles. The van der Waals surface area contributed by atoms with Crippen LogP contribution >= 0.6 is 0 Å². The second-order valence-electron chi connectivity index (χ2n) is 5.18. The molecular weight excluding hydrogens is 256 g/mol. The van der Waals surface area contributed by atoms with E-state index in [4.69, 9.17) is 0 Å². The standard InChI is InChI=1S/C14H22N4O2/c1-3-4-5-14(20)17-8-6-12(7-9-17)18-10-13(11(2)19)15-16-18/h3-4,10-12,19H,5-9H2,1-2H3/b4-3+/t11-/m1/s1. The molecule has 2 heterocycles. The molecule has 0 spiro atoms. The van der Waals surface area contributed by atoms with E-state index in [1.807, 2.05) is 28.7 Å². The molecule has 0 radical (unpaired) electrons. The maximum atomic E-state index is 11.9. The maximum Gasteiger partial charge on any atom is 0.226 e. The normalized spacial score (nSPS) is 18.6. The minimum absolute atomic E-state index is 0.185. The van der Waals surface area contributed by atoms with E-state index in [1.165, 1.54) is 0 Å². The summed E-state index contributed by atoms with van der Waals surface area (Å²) < 4.78 is 1.82. The van der Waals surface area contributed by atoms with Crippen LogP contribution in [0.4, 0.5) is 0 Å². The number of allylic oxidation sites excluding steroid dienone is 1. The number of nitrogens with zero attached hydrogens (tertiary/aromatic N) is 4. The van der Waals surface area contributed by atoms with Crippen molar-refractivity contribution < 1.29 is 9.90 Å². The summed E-state index contributed by atoms with van der Waals surface area (Å²) >= 11 is 0. The number of hydrogen-bond donors (Lipinski definition) is 1. The minimum Gasteiger partial charge on any atom is -0.387 e. The van der Waals surface area contributed by atoms with Crippen LogP contribution in [0, 0.1) is 0 Å². The maximum absolute atomic E-state index is 11.9. The van der Waals surface area contributed by atoms with E-state index in [9.17, 15) is 9.90 Å². The van der Waals surface area contributed by atoms with Crippen molar-refractivity contribution in [1.82, 2.24) is 19.9 Å². The third-order valence-electron chi connectivity index (χ3n) is 3.68. The van der Waals surface area contributed by atoms with Crippen LogP contribution in [0.25, 0.3) is 0 Å². The molecule has 1 aliphatic heterocycles. The van der Waals surface area contributed by atoms with E-state index in [1.54, 1.807) is 13.1 Å². The predicted molar refractivity (Wildman–Crippen MR) is 74.9 cm³/mol.